The van der Waals surface area contributed by atoms with Gasteiger partial charge in [-0.15, -0.1) is 0 Å². The molecular weight excluding hydrogens is 368 g/mol. The number of halogens is 1. The molecule has 0 atom stereocenters. The van der Waals surface area contributed by atoms with Gasteiger partial charge in [-0.2, -0.15) is 0 Å². The minimum absolute atomic E-state index is 0.0955. The lowest BCUT2D eigenvalue weighted by Crippen LogP contribution is -2.36. The van der Waals surface area contributed by atoms with Crippen LogP contribution in [0.3, 0.4) is 0 Å². The van der Waals surface area contributed by atoms with Gasteiger partial charge in [0.05, 0.1) is 11.1 Å². The second-order valence-corrected chi connectivity index (χ2v) is 7.84. The lowest BCUT2D eigenvalue weighted by atomic mass is 9.87. The van der Waals surface area contributed by atoms with E-state index >= 15 is 0 Å². The monoisotopic (exact) mass is 398 g/mol. The van der Waals surface area contributed by atoms with Crippen molar-refractivity contribution in [3.8, 4) is 5.75 Å². The van der Waals surface area contributed by atoms with Gasteiger partial charge in [-0.3, -0.25) is 0 Å². The van der Waals surface area contributed by atoms with E-state index in [2.05, 4.69) is 66.4 Å². The summed E-state index contributed by atoms with van der Waals surface area (Å²) in [6, 6.07) is 6.11. The predicted molar refractivity (Wildman–Crippen MR) is 104 cm³/mol. The number of ether oxygens (including phenoxy) is 1. The standard InChI is InChI=1S/C19H31BrN2O2/c1-5-6-7-11-21-18(23)22-12-8-13-24-17-10-9-15(14-16(17)20)19(2,3)4/h9-10,14H,5-8,11-13H2,1-4H3,(H2,21,22,23). The van der Waals surface area contributed by atoms with Crippen molar-refractivity contribution in [2.24, 2.45) is 0 Å². The Morgan fingerprint density at radius 3 is 2.38 bits per heavy atom. The van der Waals surface area contributed by atoms with Gasteiger partial charge in [0.1, 0.15) is 5.75 Å². The molecule has 2 amide bonds. The molecule has 4 nitrogen and oxygen atoms in total. The van der Waals surface area contributed by atoms with Crippen molar-refractivity contribution >= 4 is 22.0 Å². The zero-order valence-corrected chi connectivity index (χ0v) is 17.0. The zero-order chi connectivity index (χ0) is 18.0. The molecular formula is C19H31BrN2O2. The van der Waals surface area contributed by atoms with Crippen molar-refractivity contribution in [3.63, 3.8) is 0 Å². The summed E-state index contributed by atoms with van der Waals surface area (Å²) in [5.74, 6) is 0.840. The highest BCUT2D eigenvalue weighted by atomic mass is 79.9. The first-order chi connectivity index (χ1) is 11.3. The average molecular weight is 399 g/mol. The van der Waals surface area contributed by atoms with E-state index in [1.807, 2.05) is 6.07 Å². The molecule has 5 heteroatoms. The third-order valence-electron chi connectivity index (χ3n) is 3.73. The fraction of sp³-hybridized carbons (Fsp3) is 0.632. The van der Waals surface area contributed by atoms with Crippen LogP contribution >= 0.6 is 15.9 Å². The number of urea groups is 1. The van der Waals surface area contributed by atoms with Gasteiger partial charge in [0, 0.05) is 13.1 Å². The molecule has 0 radical (unpaired) electrons. The van der Waals surface area contributed by atoms with Crippen LogP contribution in [0.15, 0.2) is 22.7 Å². The van der Waals surface area contributed by atoms with Crippen LogP contribution in [0.4, 0.5) is 4.79 Å². The summed E-state index contributed by atoms with van der Waals surface area (Å²) in [6.45, 7) is 10.6. The Balaban J connectivity index is 2.23. The van der Waals surface area contributed by atoms with Gasteiger partial charge in [-0.25, -0.2) is 4.79 Å². The largest absolute Gasteiger partial charge is 0.492 e. The van der Waals surface area contributed by atoms with Crippen LogP contribution in [-0.2, 0) is 5.41 Å². The molecule has 0 aliphatic heterocycles. The smallest absolute Gasteiger partial charge is 0.314 e. The number of hydrogen-bond donors (Lipinski definition) is 2. The molecule has 136 valence electrons. The van der Waals surface area contributed by atoms with Gasteiger partial charge in [-0.05, 0) is 51.9 Å². The highest BCUT2D eigenvalue weighted by molar-refractivity contribution is 9.10. The summed E-state index contributed by atoms with van der Waals surface area (Å²) < 4.78 is 6.75. The van der Waals surface area contributed by atoms with Gasteiger partial charge in [-0.1, -0.05) is 46.6 Å². The maximum absolute atomic E-state index is 11.6. The summed E-state index contributed by atoms with van der Waals surface area (Å²) in [5.41, 5.74) is 1.39. The molecule has 0 fully saturated rings. The Morgan fingerprint density at radius 1 is 1.12 bits per heavy atom. The van der Waals surface area contributed by atoms with E-state index in [0.29, 0.717) is 13.2 Å². The molecule has 0 bridgehead atoms. The van der Waals surface area contributed by atoms with Crippen LogP contribution < -0.4 is 15.4 Å². The van der Waals surface area contributed by atoms with Crippen molar-refractivity contribution in [3.05, 3.63) is 28.2 Å². The predicted octanol–water partition coefficient (Wildman–Crippen LogP) is 5.00. The summed E-state index contributed by atoms with van der Waals surface area (Å²) >= 11 is 3.57. The minimum Gasteiger partial charge on any atom is -0.492 e. The number of amides is 2. The fourth-order valence-corrected chi connectivity index (χ4v) is 2.67. The van der Waals surface area contributed by atoms with Crippen LogP contribution in [0, 0.1) is 0 Å². The average Bonchev–Trinajstić information content (AvgIpc) is 2.51. The molecule has 1 aromatic carbocycles. The number of rotatable bonds is 9. The highest BCUT2D eigenvalue weighted by Crippen LogP contribution is 2.31. The van der Waals surface area contributed by atoms with Gasteiger partial charge >= 0.3 is 6.03 Å². The lowest BCUT2D eigenvalue weighted by molar-refractivity contribution is 0.239. The van der Waals surface area contributed by atoms with Crippen LogP contribution in [0.5, 0.6) is 5.75 Å². The summed E-state index contributed by atoms with van der Waals surface area (Å²) in [6.07, 6.45) is 4.12. The minimum atomic E-state index is -0.0955. The zero-order valence-electron chi connectivity index (χ0n) is 15.4. The molecule has 2 N–H and O–H groups in total. The van der Waals surface area contributed by atoms with E-state index in [4.69, 9.17) is 4.74 Å². The third kappa shape index (κ3) is 8.04. The molecule has 0 heterocycles. The molecule has 0 saturated heterocycles. The van der Waals surface area contributed by atoms with Crippen molar-refractivity contribution in [2.75, 3.05) is 19.7 Å². The van der Waals surface area contributed by atoms with E-state index < -0.39 is 0 Å². The Hall–Kier alpha value is -1.23. The Morgan fingerprint density at radius 2 is 1.79 bits per heavy atom. The first-order valence-electron chi connectivity index (χ1n) is 8.79. The molecule has 24 heavy (non-hydrogen) atoms. The van der Waals surface area contributed by atoms with Crippen LogP contribution in [-0.4, -0.2) is 25.7 Å². The molecule has 0 aliphatic rings. The lowest BCUT2D eigenvalue weighted by Gasteiger charge is -2.20. The Bertz CT molecular complexity index is 513. The SMILES string of the molecule is CCCCCNC(=O)NCCCOc1ccc(C(C)(C)C)cc1Br. The van der Waals surface area contributed by atoms with E-state index in [1.54, 1.807) is 0 Å². The van der Waals surface area contributed by atoms with Crippen LogP contribution in [0.25, 0.3) is 0 Å². The number of benzene rings is 1. The first kappa shape index (κ1) is 20.8. The van der Waals surface area contributed by atoms with Gasteiger partial charge < -0.3 is 15.4 Å². The quantitative estimate of drug-likeness (QED) is 0.574. The number of carbonyl (C=O) groups excluding carboxylic acids is 1. The highest BCUT2D eigenvalue weighted by Gasteiger charge is 2.15. The Labute approximate surface area is 154 Å². The molecule has 0 spiro atoms. The van der Waals surface area contributed by atoms with E-state index in [0.717, 1.165) is 42.5 Å². The van der Waals surface area contributed by atoms with E-state index in [9.17, 15) is 4.79 Å². The Kier molecular flexibility index (Phi) is 9.19. The maximum Gasteiger partial charge on any atom is 0.314 e. The van der Waals surface area contributed by atoms with E-state index in [1.165, 1.54) is 5.56 Å². The van der Waals surface area contributed by atoms with Crippen LogP contribution in [0.2, 0.25) is 0 Å². The van der Waals surface area contributed by atoms with Crippen molar-refractivity contribution < 1.29 is 9.53 Å². The second-order valence-electron chi connectivity index (χ2n) is 6.99. The summed E-state index contributed by atoms with van der Waals surface area (Å²) in [5, 5.41) is 5.70. The van der Waals surface area contributed by atoms with Crippen LogP contribution in [0.1, 0.15) is 58.9 Å². The summed E-state index contributed by atoms with van der Waals surface area (Å²) in [7, 11) is 0. The number of hydrogen-bond acceptors (Lipinski definition) is 2. The van der Waals surface area contributed by atoms with Crippen molar-refractivity contribution in [1.29, 1.82) is 0 Å². The molecule has 1 rings (SSSR count). The first-order valence-corrected chi connectivity index (χ1v) is 9.58. The van der Waals surface area contributed by atoms with Crippen molar-refractivity contribution in [1.82, 2.24) is 10.6 Å². The fourth-order valence-electron chi connectivity index (χ4n) is 2.18. The van der Waals surface area contributed by atoms with E-state index in [-0.39, 0.29) is 11.4 Å². The third-order valence-corrected chi connectivity index (χ3v) is 4.35. The second kappa shape index (κ2) is 10.6. The number of carbonyl (C=O) groups is 1. The molecule has 0 aromatic heterocycles. The number of unbranched alkanes of at least 4 members (excludes halogenated alkanes) is 2. The van der Waals surface area contributed by atoms with Gasteiger partial charge in [0.15, 0.2) is 0 Å². The number of nitrogens with one attached hydrogen (secondary N) is 2. The topological polar surface area (TPSA) is 50.4 Å². The van der Waals surface area contributed by atoms with Gasteiger partial charge in [0.2, 0.25) is 0 Å². The summed E-state index contributed by atoms with van der Waals surface area (Å²) in [4.78, 5) is 11.6. The maximum atomic E-state index is 11.6. The van der Waals surface area contributed by atoms with Crippen molar-refractivity contribution in [2.45, 2.75) is 58.8 Å². The molecule has 0 aliphatic carbocycles. The molecule has 0 unspecified atom stereocenters. The normalized spacial score (nSPS) is 11.2. The van der Waals surface area contributed by atoms with Gasteiger partial charge in [0.25, 0.3) is 0 Å². The molecule has 1 aromatic rings. The molecule has 0 saturated carbocycles.